The zero-order valence-corrected chi connectivity index (χ0v) is 16.8. The van der Waals surface area contributed by atoms with E-state index in [-0.39, 0.29) is 24.5 Å². The molecule has 0 spiro atoms. The van der Waals surface area contributed by atoms with Gasteiger partial charge in [-0.2, -0.15) is 0 Å². The number of hydrogen-bond donors (Lipinski definition) is 0. The van der Waals surface area contributed by atoms with Crippen LogP contribution < -0.4 is 0 Å². The molecule has 3 rings (SSSR count). The van der Waals surface area contributed by atoms with E-state index >= 15 is 0 Å². The van der Waals surface area contributed by atoms with E-state index in [9.17, 15) is 14.0 Å². The van der Waals surface area contributed by atoms with Crippen molar-refractivity contribution in [3.63, 3.8) is 0 Å². The molecular weight excluding hydrogens is 379 g/mol. The number of fused-ring (bicyclic) bond motifs is 1. The van der Waals surface area contributed by atoms with Crippen molar-refractivity contribution in [2.45, 2.75) is 33.8 Å². The van der Waals surface area contributed by atoms with E-state index in [1.165, 1.54) is 6.07 Å². The highest BCUT2D eigenvalue weighted by Crippen LogP contribution is 2.34. The molecule has 1 aromatic heterocycles. The number of thiophene rings is 1. The zero-order valence-electron chi connectivity index (χ0n) is 16.0. The molecule has 0 fully saturated rings. The molecule has 146 valence electrons. The van der Waals surface area contributed by atoms with E-state index in [1.807, 2.05) is 32.0 Å². The Bertz CT molecular complexity index is 1040. The predicted octanol–water partition coefficient (Wildman–Crippen LogP) is 5.12. The zero-order chi connectivity index (χ0) is 20.3. The maximum Gasteiger partial charge on any atom is 0.348 e. The van der Waals surface area contributed by atoms with Crippen LogP contribution >= 0.6 is 11.3 Å². The summed E-state index contributed by atoms with van der Waals surface area (Å²) in [5.41, 5.74) is 3.45. The molecule has 2 aromatic carbocycles. The Labute approximate surface area is 166 Å². The monoisotopic (exact) mass is 400 g/mol. The van der Waals surface area contributed by atoms with Gasteiger partial charge in [0.1, 0.15) is 17.3 Å². The quantitative estimate of drug-likeness (QED) is 0.539. The molecule has 0 aliphatic rings. The van der Waals surface area contributed by atoms with Gasteiger partial charge in [-0.1, -0.05) is 24.3 Å². The Morgan fingerprint density at radius 1 is 1.07 bits per heavy atom. The van der Waals surface area contributed by atoms with Gasteiger partial charge in [0, 0.05) is 15.6 Å². The first-order valence-corrected chi connectivity index (χ1v) is 9.81. The van der Waals surface area contributed by atoms with E-state index in [0.29, 0.717) is 15.6 Å². The number of benzene rings is 2. The van der Waals surface area contributed by atoms with Gasteiger partial charge in [0.15, 0.2) is 0 Å². The summed E-state index contributed by atoms with van der Waals surface area (Å²) < 4.78 is 25.5. The number of carbonyl (C=O) groups is 2. The highest BCUT2D eigenvalue weighted by molar-refractivity contribution is 7.21. The largest absolute Gasteiger partial charge is 0.462 e. The van der Waals surface area contributed by atoms with Crippen molar-refractivity contribution >= 4 is 33.4 Å². The summed E-state index contributed by atoms with van der Waals surface area (Å²) in [4.78, 5) is 24.8. The van der Waals surface area contributed by atoms with Crippen LogP contribution in [0.1, 0.15) is 38.8 Å². The maximum absolute atomic E-state index is 14.4. The third-order valence-corrected chi connectivity index (χ3v) is 5.70. The van der Waals surface area contributed by atoms with E-state index < -0.39 is 17.8 Å². The molecule has 0 radical (unpaired) electrons. The van der Waals surface area contributed by atoms with Crippen LogP contribution in [0.5, 0.6) is 0 Å². The van der Waals surface area contributed by atoms with Gasteiger partial charge in [0.05, 0.1) is 13.0 Å². The fourth-order valence-electron chi connectivity index (χ4n) is 2.95. The van der Waals surface area contributed by atoms with Crippen molar-refractivity contribution < 1.29 is 23.5 Å². The molecule has 0 unspecified atom stereocenters. The first-order chi connectivity index (χ1) is 13.4. The molecule has 0 N–H and O–H groups in total. The fraction of sp³-hybridized carbons (Fsp3) is 0.273. The summed E-state index contributed by atoms with van der Waals surface area (Å²) >= 11 is 1.14. The first-order valence-electron chi connectivity index (χ1n) is 8.99. The molecule has 0 atom stereocenters. The molecule has 0 bridgehead atoms. The average molecular weight is 400 g/mol. The highest BCUT2D eigenvalue weighted by Gasteiger charge is 2.22. The van der Waals surface area contributed by atoms with Gasteiger partial charge >= 0.3 is 11.9 Å². The lowest BCUT2D eigenvalue weighted by atomic mass is 10.0. The summed E-state index contributed by atoms with van der Waals surface area (Å²) in [6.07, 6.45) is 0.112. The van der Waals surface area contributed by atoms with Gasteiger partial charge < -0.3 is 9.47 Å². The molecule has 0 aliphatic heterocycles. The third kappa shape index (κ3) is 4.22. The Morgan fingerprint density at radius 3 is 2.57 bits per heavy atom. The van der Waals surface area contributed by atoms with Gasteiger partial charge in [-0.15, -0.1) is 11.3 Å². The standard InChI is InChI=1S/C22H21FO4S/c1-4-26-22(25)21-16(20-17(23)6-5-7-18(20)28-21)12-27-19(24)11-15-9-8-13(2)14(3)10-15/h5-10H,4,11-12H2,1-3H3. The molecule has 6 heteroatoms. The molecule has 0 amide bonds. The summed E-state index contributed by atoms with van der Waals surface area (Å²) in [6.45, 7) is 5.72. The number of carbonyl (C=O) groups excluding carboxylic acids is 2. The van der Waals surface area contributed by atoms with Gasteiger partial charge in [0.2, 0.25) is 0 Å². The fourth-order valence-corrected chi connectivity index (χ4v) is 4.07. The van der Waals surface area contributed by atoms with Crippen LogP contribution in [0.3, 0.4) is 0 Å². The number of hydrogen-bond acceptors (Lipinski definition) is 5. The van der Waals surface area contributed by atoms with Crippen molar-refractivity contribution in [1.82, 2.24) is 0 Å². The van der Waals surface area contributed by atoms with E-state index in [0.717, 1.165) is 28.0 Å². The van der Waals surface area contributed by atoms with Crippen LogP contribution in [-0.4, -0.2) is 18.5 Å². The molecule has 4 nitrogen and oxygen atoms in total. The second-order valence-corrected chi connectivity index (χ2v) is 7.55. The topological polar surface area (TPSA) is 52.6 Å². The van der Waals surface area contributed by atoms with Crippen LogP contribution in [0.25, 0.3) is 10.1 Å². The number of aryl methyl sites for hydroxylation is 2. The van der Waals surface area contributed by atoms with Crippen molar-refractivity contribution in [2.24, 2.45) is 0 Å². The van der Waals surface area contributed by atoms with E-state index in [1.54, 1.807) is 19.1 Å². The van der Waals surface area contributed by atoms with Gasteiger partial charge in [-0.05, 0) is 49.6 Å². The lowest BCUT2D eigenvalue weighted by Gasteiger charge is -2.08. The average Bonchev–Trinajstić information content (AvgIpc) is 3.03. The molecule has 3 aromatic rings. The Kier molecular flexibility index (Phi) is 6.09. The van der Waals surface area contributed by atoms with Gasteiger partial charge in [0.25, 0.3) is 0 Å². The summed E-state index contributed by atoms with van der Waals surface area (Å²) in [5.74, 6) is -1.43. The molecular formula is C22H21FO4S. The molecule has 0 aliphatic carbocycles. The minimum Gasteiger partial charge on any atom is -0.462 e. The second-order valence-electron chi connectivity index (χ2n) is 6.50. The van der Waals surface area contributed by atoms with Crippen LogP contribution in [0.2, 0.25) is 0 Å². The molecule has 1 heterocycles. The second kappa shape index (κ2) is 8.52. The molecule has 0 saturated heterocycles. The first kappa shape index (κ1) is 20.0. The number of esters is 2. The van der Waals surface area contributed by atoms with E-state index in [2.05, 4.69) is 0 Å². The lowest BCUT2D eigenvalue weighted by molar-refractivity contribution is -0.144. The predicted molar refractivity (Wildman–Crippen MR) is 107 cm³/mol. The van der Waals surface area contributed by atoms with Crippen molar-refractivity contribution in [1.29, 1.82) is 0 Å². The Hall–Kier alpha value is -2.73. The smallest absolute Gasteiger partial charge is 0.348 e. The molecule has 0 saturated carbocycles. The van der Waals surface area contributed by atoms with Crippen LogP contribution in [0, 0.1) is 19.7 Å². The number of rotatable bonds is 6. The Morgan fingerprint density at radius 2 is 1.86 bits per heavy atom. The Balaban J connectivity index is 1.82. The lowest BCUT2D eigenvalue weighted by Crippen LogP contribution is -2.11. The SMILES string of the molecule is CCOC(=O)c1sc2cccc(F)c2c1COC(=O)Cc1ccc(C)c(C)c1. The van der Waals surface area contributed by atoms with Gasteiger partial charge in [-0.3, -0.25) is 4.79 Å². The summed E-state index contributed by atoms with van der Waals surface area (Å²) in [7, 11) is 0. The van der Waals surface area contributed by atoms with E-state index in [4.69, 9.17) is 9.47 Å². The molecule has 28 heavy (non-hydrogen) atoms. The summed E-state index contributed by atoms with van der Waals surface area (Å²) in [5, 5.41) is 0.300. The van der Waals surface area contributed by atoms with Gasteiger partial charge in [-0.25, -0.2) is 9.18 Å². The maximum atomic E-state index is 14.4. The van der Waals surface area contributed by atoms with Crippen molar-refractivity contribution in [3.05, 3.63) is 69.3 Å². The number of halogens is 1. The normalized spacial score (nSPS) is 10.9. The van der Waals surface area contributed by atoms with Crippen LogP contribution in [0.4, 0.5) is 4.39 Å². The van der Waals surface area contributed by atoms with Crippen LogP contribution in [-0.2, 0) is 27.3 Å². The minimum absolute atomic E-state index is 0.112. The summed E-state index contributed by atoms with van der Waals surface area (Å²) in [6, 6.07) is 10.4. The highest BCUT2D eigenvalue weighted by atomic mass is 32.1. The minimum atomic E-state index is -0.539. The van der Waals surface area contributed by atoms with Crippen LogP contribution in [0.15, 0.2) is 36.4 Å². The number of ether oxygens (including phenoxy) is 2. The third-order valence-electron chi connectivity index (χ3n) is 4.52. The van der Waals surface area contributed by atoms with Crippen molar-refractivity contribution in [3.8, 4) is 0 Å². The van der Waals surface area contributed by atoms with Crippen molar-refractivity contribution in [2.75, 3.05) is 6.61 Å².